The molecule has 180 valence electrons. The molecule has 34 heavy (non-hydrogen) atoms. The van der Waals surface area contributed by atoms with E-state index in [1.807, 2.05) is 6.92 Å². The maximum atomic E-state index is 12.1. The molecule has 0 spiro atoms. The van der Waals surface area contributed by atoms with Gasteiger partial charge in [-0.05, 0) is 43.5 Å². The molecular weight excluding hydrogens is 438 g/mol. The number of rotatable bonds is 9. The standard InChI is InChI=1S/C23H29N7O4/c1-4-19(31)26-16-7-5-6-8-17(16)27-21-15(20(24)32)12-25-23(29-21)28-18-11-14(10-9-13(18)2)22(33)30-34-3/h4,9-12,16-17H,1,5-8H2,2-3H3,(H2,24,32)(H,26,31)(H,30,33)(H2,25,27,28,29)/t16-,17-/m1/s1. The van der Waals surface area contributed by atoms with Gasteiger partial charge < -0.3 is 21.7 Å². The molecule has 1 saturated carbocycles. The van der Waals surface area contributed by atoms with Gasteiger partial charge in [0.05, 0.1) is 12.7 Å². The number of amides is 3. The predicted octanol–water partition coefficient (Wildman–Crippen LogP) is 1.94. The van der Waals surface area contributed by atoms with Gasteiger partial charge >= 0.3 is 0 Å². The van der Waals surface area contributed by atoms with Gasteiger partial charge in [-0.1, -0.05) is 25.5 Å². The molecular formula is C23H29N7O4. The molecule has 6 N–H and O–H groups in total. The molecule has 11 nitrogen and oxygen atoms in total. The van der Waals surface area contributed by atoms with E-state index in [0.29, 0.717) is 11.3 Å². The van der Waals surface area contributed by atoms with Crippen LogP contribution >= 0.6 is 0 Å². The molecule has 11 heteroatoms. The molecule has 3 rings (SSSR count). The molecule has 2 atom stereocenters. The third kappa shape index (κ3) is 6.07. The van der Waals surface area contributed by atoms with Gasteiger partial charge in [0.25, 0.3) is 11.8 Å². The Bertz CT molecular complexity index is 1090. The SMILES string of the molecule is C=CC(=O)N[C@@H]1CCCC[C@H]1Nc1nc(Nc2cc(C(=O)NOC)ccc2C)ncc1C(N)=O. The minimum Gasteiger partial charge on any atom is -0.365 e. The Morgan fingerprint density at radius 3 is 2.62 bits per heavy atom. The van der Waals surface area contributed by atoms with Gasteiger partial charge in [-0.25, -0.2) is 10.5 Å². The van der Waals surface area contributed by atoms with Crippen LogP contribution in [0, 0.1) is 6.92 Å². The molecule has 1 heterocycles. The van der Waals surface area contributed by atoms with E-state index in [1.54, 1.807) is 18.2 Å². The number of aryl methyl sites for hydroxylation is 1. The number of primary amides is 1. The summed E-state index contributed by atoms with van der Waals surface area (Å²) in [6, 6.07) is 4.79. The van der Waals surface area contributed by atoms with Gasteiger partial charge in [-0.2, -0.15) is 4.98 Å². The number of nitrogens with zero attached hydrogens (tertiary/aromatic N) is 2. The smallest absolute Gasteiger partial charge is 0.274 e. The Hall–Kier alpha value is -3.99. The summed E-state index contributed by atoms with van der Waals surface area (Å²) in [5, 5.41) is 9.30. The zero-order valence-electron chi connectivity index (χ0n) is 19.2. The molecule has 0 saturated heterocycles. The number of anilines is 3. The van der Waals surface area contributed by atoms with Crippen LogP contribution in [0.1, 0.15) is 52.0 Å². The van der Waals surface area contributed by atoms with Gasteiger partial charge in [-0.15, -0.1) is 0 Å². The van der Waals surface area contributed by atoms with E-state index >= 15 is 0 Å². The zero-order chi connectivity index (χ0) is 24.7. The Balaban J connectivity index is 1.87. The van der Waals surface area contributed by atoms with E-state index in [1.165, 1.54) is 19.4 Å². The van der Waals surface area contributed by atoms with E-state index in [2.05, 4.69) is 42.8 Å². The maximum absolute atomic E-state index is 12.1. The van der Waals surface area contributed by atoms with Crippen LogP contribution in [-0.4, -0.2) is 46.9 Å². The van der Waals surface area contributed by atoms with E-state index < -0.39 is 11.8 Å². The Labute approximate surface area is 197 Å². The number of carbonyl (C=O) groups excluding carboxylic acids is 3. The molecule has 0 radical (unpaired) electrons. The third-order valence-corrected chi connectivity index (χ3v) is 5.60. The fraction of sp³-hybridized carbons (Fsp3) is 0.348. The number of hydrogen-bond acceptors (Lipinski definition) is 8. The molecule has 0 aliphatic heterocycles. The summed E-state index contributed by atoms with van der Waals surface area (Å²) in [5.74, 6) is -0.858. The Morgan fingerprint density at radius 1 is 1.21 bits per heavy atom. The van der Waals surface area contributed by atoms with Crippen molar-refractivity contribution >= 4 is 35.2 Å². The summed E-state index contributed by atoms with van der Waals surface area (Å²) in [6.07, 6.45) is 6.09. The van der Waals surface area contributed by atoms with Crippen molar-refractivity contribution in [2.24, 2.45) is 5.73 Å². The number of hydroxylamine groups is 1. The summed E-state index contributed by atoms with van der Waals surface area (Å²) in [4.78, 5) is 49.3. The third-order valence-electron chi connectivity index (χ3n) is 5.60. The highest BCUT2D eigenvalue weighted by Gasteiger charge is 2.27. The van der Waals surface area contributed by atoms with Crippen molar-refractivity contribution in [3.8, 4) is 0 Å². The maximum Gasteiger partial charge on any atom is 0.274 e. The number of benzene rings is 1. The molecule has 1 aliphatic rings. The van der Waals surface area contributed by atoms with Crippen molar-refractivity contribution in [1.82, 2.24) is 20.8 Å². The van der Waals surface area contributed by atoms with Gasteiger partial charge in [0.1, 0.15) is 5.82 Å². The first-order chi connectivity index (χ1) is 16.3. The van der Waals surface area contributed by atoms with Crippen molar-refractivity contribution in [3.63, 3.8) is 0 Å². The molecule has 1 aromatic carbocycles. The highest BCUT2D eigenvalue weighted by atomic mass is 16.6. The van der Waals surface area contributed by atoms with Crippen LogP contribution in [-0.2, 0) is 9.63 Å². The Morgan fingerprint density at radius 2 is 1.94 bits per heavy atom. The lowest BCUT2D eigenvalue weighted by Gasteiger charge is -2.33. The number of nitrogens with one attached hydrogen (secondary N) is 4. The van der Waals surface area contributed by atoms with E-state index in [4.69, 9.17) is 5.73 Å². The Kier molecular flexibility index (Phi) is 8.14. The predicted molar refractivity (Wildman–Crippen MR) is 127 cm³/mol. The van der Waals surface area contributed by atoms with Crippen molar-refractivity contribution < 1.29 is 19.2 Å². The van der Waals surface area contributed by atoms with Crippen LogP contribution in [0.25, 0.3) is 0 Å². The first kappa shape index (κ1) is 24.6. The summed E-state index contributed by atoms with van der Waals surface area (Å²) in [6.45, 7) is 5.37. The van der Waals surface area contributed by atoms with Crippen LogP contribution < -0.4 is 27.2 Å². The summed E-state index contributed by atoms with van der Waals surface area (Å²) in [5.41, 5.74) is 9.79. The van der Waals surface area contributed by atoms with Gasteiger partial charge in [0.2, 0.25) is 11.9 Å². The van der Waals surface area contributed by atoms with Gasteiger partial charge in [0.15, 0.2) is 0 Å². The first-order valence-corrected chi connectivity index (χ1v) is 10.9. The largest absolute Gasteiger partial charge is 0.365 e. The molecule has 1 aromatic heterocycles. The lowest BCUT2D eigenvalue weighted by atomic mass is 9.90. The topological polar surface area (TPSA) is 160 Å². The molecule has 0 unspecified atom stereocenters. The summed E-state index contributed by atoms with van der Waals surface area (Å²) in [7, 11) is 1.35. The fourth-order valence-corrected chi connectivity index (χ4v) is 3.80. The second kappa shape index (κ2) is 11.2. The minimum absolute atomic E-state index is 0.134. The molecule has 0 bridgehead atoms. The van der Waals surface area contributed by atoms with Gasteiger partial charge in [-0.3, -0.25) is 19.2 Å². The molecule has 3 amide bonds. The highest BCUT2D eigenvalue weighted by molar-refractivity contribution is 5.97. The second-order valence-electron chi connectivity index (χ2n) is 7.96. The monoisotopic (exact) mass is 467 g/mol. The van der Waals surface area contributed by atoms with Crippen LogP contribution in [0.5, 0.6) is 0 Å². The fourth-order valence-electron chi connectivity index (χ4n) is 3.80. The van der Waals surface area contributed by atoms with Crippen LogP contribution in [0.4, 0.5) is 17.5 Å². The first-order valence-electron chi connectivity index (χ1n) is 10.9. The summed E-state index contributed by atoms with van der Waals surface area (Å²) >= 11 is 0. The number of carbonyl (C=O) groups is 3. The zero-order valence-corrected chi connectivity index (χ0v) is 19.2. The molecule has 2 aromatic rings. The normalized spacial score (nSPS) is 17.4. The van der Waals surface area contributed by atoms with Crippen LogP contribution in [0.2, 0.25) is 0 Å². The average Bonchev–Trinajstić information content (AvgIpc) is 2.81. The second-order valence-corrected chi connectivity index (χ2v) is 7.96. The lowest BCUT2D eigenvalue weighted by molar-refractivity contribution is -0.117. The number of hydrogen-bond donors (Lipinski definition) is 5. The van der Waals surface area contributed by atoms with E-state index in [0.717, 1.165) is 31.2 Å². The number of nitrogens with two attached hydrogens (primary N) is 1. The van der Waals surface area contributed by atoms with Crippen LogP contribution in [0.15, 0.2) is 37.1 Å². The van der Waals surface area contributed by atoms with Crippen molar-refractivity contribution in [3.05, 3.63) is 53.7 Å². The van der Waals surface area contributed by atoms with E-state index in [-0.39, 0.29) is 35.3 Å². The summed E-state index contributed by atoms with van der Waals surface area (Å²) < 4.78 is 0. The van der Waals surface area contributed by atoms with Crippen molar-refractivity contribution in [2.45, 2.75) is 44.7 Å². The van der Waals surface area contributed by atoms with E-state index in [9.17, 15) is 14.4 Å². The minimum atomic E-state index is -0.675. The van der Waals surface area contributed by atoms with Crippen molar-refractivity contribution in [2.75, 3.05) is 17.7 Å². The average molecular weight is 468 g/mol. The lowest BCUT2D eigenvalue weighted by Crippen LogP contribution is -2.48. The quantitative estimate of drug-likeness (QED) is 0.276. The number of aromatic nitrogens is 2. The molecule has 1 fully saturated rings. The van der Waals surface area contributed by atoms with Crippen LogP contribution in [0.3, 0.4) is 0 Å². The van der Waals surface area contributed by atoms with Crippen molar-refractivity contribution in [1.29, 1.82) is 0 Å². The van der Waals surface area contributed by atoms with Gasteiger partial charge in [0, 0.05) is 29.5 Å². The molecule has 1 aliphatic carbocycles. The highest BCUT2D eigenvalue weighted by Crippen LogP contribution is 2.26.